The van der Waals surface area contributed by atoms with Gasteiger partial charge in [-0.05, 0) is 12.1 Å². The predicted octanol–water partition coefficient (Wildman–Crippen LogP) is 1.60. The van der Waals surface area contributed by atoms with Gasteiger partial charge in [0.05, 0.1) is 9.85 Å². The number of nitro benzene ring substituents is 2. The highest BCUT2D eigenvalue weighted by Crippen LogP contribution is 2.30. The summed E-state index contributed by atoms with van der Waals surface area (Å²) in [6.07, 6.45) is 0. The minimum absolute atomic E-state index is 0.780. The summed E-state index contributed by atoms with van der Waals surface area (Å²) in [4.78, 5) is 17.7. The summed E-state index contributed by atoms with van der Waals surface area (Å²) < 4.78 is 52.7. The van der Waals surface area contributed by atoms with Gasteiger partial charge in [-0.2, -0.15) is 16.8 Å². The van der Waals surface area contributed by atoms with Crippen LogP contribution < -0.4 is 0 Å². The van der Waals surface area contributed by atoms with E-state index in [1.54, 1.807) is 0 Å². The summed E-state index contributed by atoms with van der Waals surface area (Å²) in [7, 11) is -10.3. The van der Waals surface area contributed by atoms with Crippen LogP contribution in [0.1, 0.15) is 0 Å². The zero-order chi connectivity index (χ0) is 18.8. The minimum atomic E-state index is -5.14. The van der Waals surface area contributed by atoms with Gasteiger partial charge in [0.25, 0.3) is 11.4 Å². The Bertz CT molecular complexity index is 976. The fraction of sp³-hybridized carbons (Fsp3) is 0. The minimum Gasteiger partial charge on any atom is -0.258 e. The first-order valence-electron chi connectivity index (χ1n) is 6.24. The smallest absolute Gasteiger partial charge is 0.258 e. The Morgan fingerprint density at radius 2 is 1.00 bits per heavy atom. The van der Waals surface area contributed by atoms with Crippen molar-refractivity contribution in [3.63, 3.8) is 0 Å². The van der Waals surface area contributed by atoms with Crippen molar-refractivity contribution >= 4 is 31.6 Å². The van der Waals surface area contributed by atoms with Gasteiger partial charge in [0.15, 0.2) is 9.79 Å². The van der Waals surface area contributed by atoms with Crippen molar-refractivity contribution in [3.05, 3.63) is 68.8 Å². The molecule has 0 aliphatic heterocycles. The van der Waals surface area contributed by atoms with Gasteiger partial charge in [0, 0.05) is 12.1 Å². The first-order valence-corrected chi connectivity index (χ1v) is 9.06. The molecule has 0 saturated carbocycles. The largest absolute Gasteiger partial charge is 0.318 e. The first-order chi connectivity index (χ1) is 11.6. The Hall–Kier alpha value is -2.90. The molecule has 2 aromatic rings. The number of nitrogens with zero attached hydrogens (tertiary/aromatic N) is 2. The van der Waals surface area contributed by atoms with Gasteiger partial charge < -0.3 is 0 Å². The second kappa shape index (κ2) is 6.54. The lowest BCUT2D eigenvalue weighted by molar-refractivity contribution is -0.388. The van der Waals surface area contributed by atoms with E-state index in [1.807, 2.05) is 0 Å². The summed E-state index contributed by atoms with van der Waals surface area (Å²) in [5.74, 6) is 0. The maximum absolute atomic E-state index is 12.2. The van der Waals surface area contributed by atoms with Crippen LogP contribution in [-0.4, -0.2) is 26.7 Å². The van der Waals surface area contributed by atoms with Gasteiger partial charge in [-0.15, -0.1) is 3.63 Å². The number of para-hydroxylation sites is 2. The third kappa shape index (κ3) is 3.78. The maximum Gasteiger partial charge on any atom is 0.318 e. The van der Waals surface area contributed by atoms with E-state index < -0.39 is 51.2 Å². The molecule has 0 N–H and O–H groups in total. The highest BCUT2D eigenvalue weighted by Gasteiger charge is 2.35. The highest BCUT2D eigenvalue weighted by atomic mass is 32.3. The molecule has 132 valence electrons. The second-order valence-corrected chi connectivity index (χ2v) is 7.67. The molecule has 0 unspecified atom stereocenters. The summed E-state index contributed by atoms with van der Waals surface area (Å²) in [6, 6.07) is 7.84. The van der Waals surface area contributed by atoms with Crippen LogP contribution >= 0.6 is 0 Å². The number of benzene rings is 2. The first kappa shape index (κ1) is 18.4. The fourth-order valence-corrected chi connectivity index (χ4v) is 4.65. The van der Waals surface area contributed by atoms with Gasteiger partial charge in [-0.3, -0.25) is 20.2 Å². The van der Waals surface area contributed by atoms with Crippen molar-refractivity contribution in [1.29, 1.82) is 0 Å². The van der Waals surface area contributed by atoms with E-state index in [4.69, 9.17) is 0 Å². The summed E-state index contributed by atoms with van der Waals surface area (Å²) in [5, 5.41) is 21.8. The Morgan fingerprint density at radius 1 is 0.680 bits per heavy atom. The molecule has 0 bridgehead atoms. The zero-order valence-corrected chi connectivity index (χ0v) is 13.6. The van der Waals surface area contributed by atoms with E-state index in [1.165, 1.54) is 12.1 Å². The summed E-state index contributed by atoms with van der Waals surface area (Å²) in [5.41, 5.74) is -1.81. The lowest BCUT2D eigenvalue weighted by atomic mass is 10.3. The zero-order valence-electron chi connectivity index (χ0n) is 12.0. The fourth-order valence-electron chi connectivity index (χ4n) is 1.83. The molecule has 2 rings (SSSR count). The van der Waals surface area contributed by atoms with Crippen LogP contribution in [0.5, 0.6) is 0 Å². The van der Waals surface area contributed by atoms with Crippen LogP contribution in [0.4, 0.5) is 11.4 Å². The molecule has 0 aromatic heterocycles. The van der Waals surface area contributed by atoms with E-state index in [-0.39, 0.29) is 0 Å². The molecule has 11 nitrogen and oxygen atoms in total. The van der Waals surface area contributed by atoms with Gasteiger partial charge in [-0.25, -0.2) is 0 Å². The number of nitro groups is 2. The van der Waals surface area contributed by atoms with Crippen LogP contribution in [0.2, 0.25) is 0 Å². The van der Waals surface area contributed by atoms with Crippen molar-refractivity contribution in [2.45, 2.75) is 9.79 Å². The van der Waals surface area contributed by atoms with Crippen LogP contribution in [-0.2, 0) is 23.9 Å². The third-order valence-electron chi connectivity index (χ3n) is 2.84. The van der Waals surface area contributed by atoms with Gasteiger partial charge in [0.1, 0.15) is 0 Å². The molecule has 0 atom stereocenters. The molecule has 2 aromatic carbocycles. The summed E-state index contributed by atoms with van der Waals surface area (Å²) in [6.45, 7) is 0. The van der Waals surface area contributed by atoms with E-state index in [9.17, 15) is 37.1 Å². The molecule has 0 radical (unpaired) electrons. The van der Waals surface area contributed by atoms with E-state index in [2.05, 4.69) is 3.63 Å². The molecule has 0 amide bonds. The normalized spacial score (nSPS) is 11.8. The van der Waals surface area contributed by atoms with Crippen LogP contribution in [0, 0.1) is 20.2 Å². The van der Waals surface area contributed by atoms with Gasteiger partial charge >= 0.3 is 20.2 Å². The van der Waals surface area contributed by atoms with Gasteiger partial charge in [-0.1, -0.05) is 24.3 Å². The number of hydrogen-bond donors (Lipinski definition) is 0. The molecule has 13 heteroatoms. The van der Waals surface area contributed by atoms with Crippen molar-refractivity contribution in [2.75, 3.05) is 0 Å². The lowest BCUT2D eigenvalue weighted by Crippen LogP contribution is -2.16. The topological polar surface area (TPSA) is 164 Å². The highest BCUT2D eigenvalue weighted by molar-refractivity contribution is 8.00. The molecule has 0 fully saturated rings. The monoisotopic (exact) mass is 388 g/mol. The quantitative estimate of drug-likeness (QED) is 0.528. The van der Waals surface area contributed by atoms with E-state index in [0.717, 1.165) is 36.4 Å². The average molecular weight is 388 g/mol. The van der Waals surface area contributed by atoms with Crippen LogP contribution in [0.25, 0.3) is 0 Å². The molecule has 0 aliphatic carbocycles. The maximum atomic E-state index is 12.2. The predicted molar refractivity (Wildman–Crippen MR) is 81.6 cm³/mol. The molecule has 0 spiro atoms. The Morgan fingerprint density at radius 3 is 1.32 bits per heavy atom. The van der Waals surface area contributed by atoms with Crippen molar-refractivity contribution in [1.82, 2.24) is 0 Å². The standard InChI is InChI=1S/C12H8N2O9S2/c15-13(16)9-5-1-3-7-11(9)24(19,20)23-25(21,22)12-8-4-2-6-10(12)14(17)18/h1-8H. The lowest BCUT2D eigenvalue weighted by Gasteiger charge is -2.07. The Kier molecular flexibility index (Phi) is 4.82. The second-order valence-electron chi connectivity index (χ2n) is 4.43. The summed E-state index contributed by atoms with van der Waals surface area (Å²) >= 11 is 0. The van der Waals surface area contributed by atoms with Crippen molar-refractivity contribution in [3.8, 4) is 0 Å². The van der Waals surface area contributed by atoms with E-state index in [0.29, 0.717) is 0 Å². The van der Waals surface area contributed by atoms with Gasteiger partial charge in [0.2, 0.25) is 0 Å². The Labute approximate surface area is 141 Å². The number of rotatable bonds is 6. The Balaban J connectivity index is 2.56. The van der Waals surface area contributed by atoms with Crippen LogP contribution in [0.3, 0.4) is 0 Å². The van der Waals surface area contributed by atoms with Crippen molar-refractivity contribution < 1.29 is 30.3 Å². The number of hydrogen-bond acceptors (Lipinski definition) is 9. The SMILES string of the molecule is O=[N+]([O-])c1ccccc1S(=O)(=O)OS(=O)(=O)c1ccccc1[N+](=O)[O-]. The van der Waals surface area contributed by atoms with Crippen LogP contribution in [0.15, 0.2) is 58.3 Å². The van der Waals surface area contributed by atoms with Crippen molar-refractivity contribution in [2.24, 2.45) is 0 Å². The molecule has 0 saturated heterocycles. The molecular weight excluding hydrogens is 380 g/mol. The molecular formula is C12H8N2O9S2. The average Bonchev–Trinajstić information content (AvgIpc) is 2.54. The third-order valence-corrected chi connectivity index (χ3v) is 6.04. The molecule has 25 heavy (non-hydrogen) atoms. The molecule has 0 heterocycles. The molecule has 0 aliphatic rings. The van der Waals surface area contributed by atoms with E-state index >= 15 is 0 Å².